The third-order valence-corrected chi connectivity index (χ3v) is 2.72. The van der Waals surface area contributed by atoms with Gasteiger partial charge in [-0.1, -0.05) is 39.5 Å². The highest BCUT2D eigenvalue weighted by Gasteiger charge is 2.07. The maximum absolute atomic E-state index is 10.1. The first-order chi connectivity index (χ1) is 8.20. The molecule has 0 spiro atoms. The standard InChI is InChI=1S/C13H26O4/c1-3-5-6-8-12(7-4-2)11-16-9-10-17-13(14)15/h12H,3-11H2,1-2H3,(H,14,15). The fraction of sp³-hybridized carbons (Fsp3) is 0.923. The predicted molar refractivity (Wildman–Crippen MR) is 67.3 cm³/mol. The van der Waals surface area contributed by atoms with Gasteiger partial charge < -0.3 is 14.6 Å². The van der Waals surface area contributed by atoms with Crippen molar-refractivity contribution >= 4 is 6.16 Å². The zero-order valence-electron chi connectivity index (χ0n) is 11.1. The third-order valence-electron chi connectivity index (χ3n) is 2.72. The van der Waals surface area contributed by atoms with Crippen LogP contribution < -0.4 is 0 Å². The number of rotatable bonds is 11. The van der Waals surface area contributed by atoms with Crippen molar-refractivity contribution in [2.75, 3.05) is 19.8 Å². The van der Waals surface area contributed by atoms with Gasteiger partial charge >= 0.3 is 6.16 Å². The zero-order chi connectivity index (χ0) is 12.9. The Morgan fingerprint density at radius 1 is 1.12 bits per heavy atom. The fourth-order valence-electron chi connectivity index (χ4n) is 1.84. The van der Waals surface area contributed by atoms with Crippen molar-refractivity contribution in [2.45, 2.75) is 52.4 Å². The molecular formula is C13H26O4. The molecule has 0 amide bonds. The molecule has 0 aliphatic rings. The topological polar surface area (TPSA) is 55.8 Å². The first-order valence-electron chi connectivity index (χ1n) is 6.64. The Hall–Kier alpha value is -0.770. The molecule has 0 heterocycles. The van der Waals surface area contributed by atoms with E-state index in [9.17, 15) is 4.79 Å². The Balaban J connectivity index is 3.51. The van der Waals surface area contributed by atoms with Gasteiger partial charge in [0.15, 0.2) is 0 Å². The molecule has 0 aromatic carbocycles. The number of hydrogen-bond acceptors (Lipinski definition) is 3. The molecule has 0 aliphatic heterocycles. The number of unbranched alkanes of at least 4 members (excludes halogenated alkanes) is 2. The second-order valence-corrected chi connectivity index (χ2v) is 4.34. The van der Waals surface area contributed by atoms with Crippen molar-refractivity contribution in [1.29, 1.82) is 0 Å². The first-order valence-corrected chi connectivity index (χ1v) is 6.64. The summed E-state index contributed by atoms with van der Waals surface area (Å²) < 4.78 is 9.81. The number of hydrogen-bond donors (Lipinski definition) is 1. The number of carbonyl (C=O) groups is 1. The Morgan fingerprint density at radius 2 is 1.88 bits per heavy atom. The van der Waals surface area contributed by atoms with Crippen molar-refractivity contribution in [2.24, 2.45) is 5.92 Å². The van der Waals surface area contributed by atoms with Gasteiger partial charge in [-0.05, 0) is 18.8 Å². The van der Waals surface area contributed by atoms with Gasteiger partial charge in [-0.25, -0.2) is 4.79 Å². The molecule has 102 valence electrons. The van der Waals surface area contributed by atoms with Crippen molar-refractivity contribution in [3.8, 4) is 0 Å². The molecule has 0 fully saturated rings. The fourth-order valence-corrected chi connectivity index (χ4v) is 1.84. The van der Waals surface area contributed by atoms with E-state index in [-0.39, 0.29) is 6.61 Å². The van der Waals surface area contributed by atoms with Crippen LogP contribution >= 0.6 is 0 Å². The van der Waals surface area contributed by atoms with E-state index in [0.717, 1.165) is 6.61 Å². The Bertz CT molecular complexity index is 182. The normalized spacial score (nSPS) is 12.4. The van der Waals surface area contributed by atoms with Crippen molar-refractivity contribution in [3.05, 3.63) is 0 Å². The SMILES string of the molecule is CCCCCC(CCC)COCCOC(=O)O. The molecule has 0 radical (unpaired) electrons. The predicted octanol–water partition coefficient (Wildman–Crippen LogP) is 3.69. The lowest BCUT2D eigenvalue weighted by Crippen LogP contribution is -2.14. The molecule has 0 aromatic rings. The lowest BCUT2D eigenvalue weighted by atomic mass is 9.97. The van der Waals surface area contributed by atoms with Gasteiger partial charge in [0.1, 0.15) is 6.61 Å². The highest BCUT2D eigenvalue weighted by molar-refractivity contribution is 5.56. The summed E-state index contributed by atoms with van der Waals surface area (Å²) in [5.74, 6) is 0.608. The van der Waals surface area contributed by atoms with Gasteiger partial charge in [-0.2, -0.15) is 0 Å². The van der Waals surface area contributed by atoms with Gasteiger partial charge in [-0.15, -0.1) is 0 Å². The van der Waals surface area contributed by atoms with Crippen LogP contribution in [-0.2, 0) is 9.47 Å². The van der Waals surface area contributed by atoms with Crippen LogP contribution in [-0.4, -0.2) is 31.1 Å². The van der Waals surface area contributed by atoms with Crippen LogP contribution in [0.5, 0.6) is 0 Å². The number of carboxylic acid groups (broad SMARTS) is 1. The summed E-state index contributed by atoms with van der Waals surface area (Å²) in [6.45, 7) is 5.60. The lowest BCUT2D eigenvalue weighted by molar-refractivity contribution is 0.0339. The summed E-state index contributed by atoms with van der Waals surface area (Å²) in [6, 6.07) is 0. The molecule has 0 rings (SSSR count). The summed E-state index contributed by atoms with van der Waals surface area (Å²) in [4.78, 5) is 10.1. The van der Waals surface area contributed by atoms with Gasteiger partial charge in [0.25, 0.3) is 0 Å². The van der Waals surface area contributed by atoms with E-state index < -0.39 is 6.16 Å². The minimum Gasteiger partial charge on any atom is -0.450 e. The lowest BCUT2D eigenvalue weighted by Gasteiger charge is -2.16. The molecule has 0 aliphatic carbocycles. The molecule has 0 saturated heterocycles. The molecule has 4 nitrogen and oxygen atoms in total. The second kappa shape index (κ2) is 11.7. The molecule has 0 bridgehead atoms. The first kappa shape index (κ1) is 16.2. The van der Waals surface area contributed by atoms with E-state index in [1.165, 1.54) is 38.5 Å². The van der Waals surface area contributed by atoms with Crippen LogP contribution in [0.4, 0.5) is 4.79 Å². The van der Waals surface area contributed by atoms with E-state index in [0.29, 0.717) is 12.5 Å². The highest BCUT2D eigenvalue weighted by atomic mass is 16.7. The second-order valence-electron chi connectivity index (χ2n) is 4.34. The van der Waals surface area contributed by atoms with Crippen molar-refractivity contribution < 1.29 is 19.4 Å². The van der Waals surface area contributed by atoms with Crippen LogP contribution in [0.15, 0.2) is 0 Å². The van der Waals surface area contributed by atoms with Gasteiger partial charge in [-0.3, -0.25) is 0 Å². The molecule has 17 heavy (non-hydrogen) atoms. The molecule has 0 aromatic heterocycles. The molecule has 1 unspecified atom stereocenters. The summed E-state index contributed by atoms with van der Waals surface area (Å²) in [5, 5.41) is 8.27. The van der Waals surface area contributed by atoms with Crippen LogP contribution in [0.3, 0.4) is 0 Å². The molecule has 1 atom stereocenters. The minimum atomic E-state index is -1.23. The third kappa shape index (κ3) is 11.5. The van der Waals surface area contributed by atoms with Gasteiger partial charge in [0.2, 0.25) is 0 Å². The quantitative estimate of drug-likeness (QED) is 0.446. The Morgan fingerprint density at radius 3 is 2.47 bits per heavy atom. The molecule has 4 heteroatoms. The van der Waals surface area contributed by atoms with Crippen LogP contribution in [0.1, 0.15) is 52.4 Å². The minimum absolute atomic E-state index is 0.128. The van der Waals surface area contributed by atoms with E-state index >= 15 is 0 Å². The maximum atomic E-state index is 10.1. The average Bonchev–Trinajstić information content (AvgIpc) is 2.28. The largest absolute Gasteiger partial charge is 0.505 e. The summed E-state index contributed by atoms with van der Waals surface area (Å²) >= 11 is 0. The summed E-state index contributed by atoms with van der Waals surface area (Å²) in [6.07, 6.45) is 6.11. The summed E-state index contributed by atoms with van der Waals surface area (Å²) in [7, 11) is 0. The summed E-state index contributed by atoms with van der Waals surface area (Å²) in [5.41, 5.74) is 0. The molecular weight excluding hydrogens is 220 g/mol. The monoisotopic (exact) mass is 246 g/mol. The van der Waals surface area contributed by atoms with Crippen molar-refractivity contribution in [3.63, 3.8) is 0 Å². The van der Waals surface area contributed by atoms with Crippen LogP contribution in [0.25, 0.3) is 0 Å². The molecule has 0 saturated carbocycles. The Kier molecular flexibility index (Phi) is 11.2. The van der Waals surface area contributed by atoms with E-state index in [2.05, 4.69) is 18.6 Å². The van der Waals surface area contributed by atoms with Crippen molar-refractivity contribution in [1.82, 2.24) is 0 Å². The van der Waals surface area contributed by atoms with Crippen LogP contribution in [0, 0.1) is 5.92 Å². The smallest absolute Gasteiger partial charge is 0.450 e. The maximum Gasteiger partial charge on any atom is 0.505 e. The zero-order valence-corrected chi connectivity index (χ0v) is 11.1. The van der Waals surface area contributed by atoms with Gasteiger partial charge in [0.05, 0.1) is 6.61 Å². The molecule has 1 N–H and O–H groups in total. The van der Waals surface area contributed by atoms with Crippen LogP contribution in [0.2, 0.25) is 0 Å². The Labute approximate surface area is 104 Å². The average molecular weight is 246 g/mol. The highest BCUT2D eigenvalue weighted by Crippen LogP contribution is 2.16. The van der Waals surface area contributed by atoms with Gasteiger partial charge in [0, 0.05) is 6.61 Å². The van der Waals surface area contributed by atoms with E-state index in [4.69, 9.17) is 9.84 Å². The number of ether oxygens (including phenoxy) is 2. The van der Waals surface area contributed by atoms with E-state index in [1.54, 1.807) is 0 Å². The van der Waals surface area contributed by atoms with E-state index in [1.807, 2.05) is 0 Å².